The summed E-state index contributed by atoms with van der Waals surface area (Å²) >= 11 is 0. The molecule has 41 heavy (non-hydrogen) atoms. The second-order valence-corrected chi connectivity index (χ2v) is 9.81. The van der Waals surface area contributed by atoms with Gasteiger partial charge in [0.1, 0.15) is 30.6 Å². The first-order chi connectivity index (χ1) is 19.7. The Morgan fingerprint density at radius 1 is 1.22 bits per heavy atom. The van der Waals surface area contributed by atoms with Gasteiger partial charge in [-0.3, -0.25) is 9.59 Å². The number of nitriles is 1. The average molecular weight is 565 g/mol. The highest BCUT2D eigenvalue weighted by Gasteiger charge is 2.48. The molecule has 3 atom stereocenters. The van der Waals surface area contributed by atoms with Crippen molar-refractivity contribution >= 4 is 17.6 Å². The predicted molar refractivity (Wildman–Crippen MR) is 140 cm³/mol. The lowest BCUT2D eigenvalue weighted by Crippen LogP contribution is -2.55. The number of nitrogens with zero attached hydrogens (tertiary/aromatic N) is 5. The lowest BCUT2D eigenvalue weighted by Gasteiger charge is -2.38. The molecule has 13 heteroatoms. The number of carbonyl (C=O) groups excluding carboxylic acids is 2. The summed E-state index contributed by atoms with van der Waals surface area (Å²) in [5.41, 5.74) is 1.87. The number of carbonyl (C=O) groups is 2. The number of amides is 2. The third kappa shape index (κ3) is 6.07. The van der Waals surface area contributed by atoms with Crippen LogP contribution in [-0.2, 0) is 9.59 Å². The number of alkyl halides is 2. The Labute approximate surface area is 233 Å². The lowest BCUT2D eigenvalue weighted by molar-refractivity contribution is -0.161. The topological polar surface area (TPSA) is 151 Å². The van der Waals surface area contributed by atoms with Crippen LogP contribution in [-0.4, -0.2) is 75.6 Å². The second-order valence-electron chi connectivity index (χ2n) is 9.81. The van der Waals surface area contributed by atoms with Crippen molar-refractivity contribution in [3.63, 3.8) is 0 Å². The monoisotopic (exact) mass is 564 g/mol. The van der Waals surface area contributed by atoms with Crippen molar-refractivity contribution in [2.45, 2.75) is 30.8 Å². The van der Waals surface area contributed by atoms with Gasteiger partial charge in [0.25, 0.3) is 0 Å². The summed E-state index contributed by atoms with van der Waals surface area (Å²) in [5.74, 6) is -3.77. The molecule has 1 unspecified atom stereocenters. The van der Waals surface area contributed by atoms with Crippen LogP contribution in [0.5, 0.6) is 11.6 Å². The van der Waals surface area contributed by atoms with E-state index in [1.165, 1.54) is 25.6 Å². The normalized spacial score (nSPS) is 21.0. The van der Waals surface area contributed by atoms with E-state index in [1.54, 1.807) is 24.4 Å². The number of halogens is 2. The number of aliphatic hydroxyl groups excluding tert-OH is 1. The zero-order valence-electron chi connectivity index (χ0n) is 22.0. The van der Waals surface area contributed by atoms with E-state index in [-0.39, 0.29) is 47.8 Å². The summed E-state index contributed by atoms with van der Waals surface area (Å²) in [5, 5.41) is 21.5. The largest absolute Gasteiger partial charge is 0.483 e. The molecule has 0 spiro atoms. The Kier molecular flexibility index (Phi) is 7.76. The second kappa shape index (κ2) is 11.4. The zero-order chi connectivity index (χ0) is 29.1. The van der Waals surface area contributed by atoms with E-state index in [0.717, 1.165) is 10.5 Å². The van der Waals surface area contributed by atoms with Gasteiger partial charge in [-0.1, -0.05) is 6.07 Å². The van der Waals surface area contributed by atoms with Crippen LogP contribution in [0.1, 0.15) is 29.9 Å². The fourth-order valence-electron chi connectivity index (χ4n) is 4.80. The maximum absolute atomic E-state index is 14.7. The lowest BCUT2D eigenvalue weighted by atomic mass is 10.0. The van der Waals surface area contributed by atoms with E-state index in [0.29, 0.717) is 23.6 Å². The van der Waals surface area contributed by atoms with E-state index in [4.69, 9.17) is 14.6 Å². The summed E-state index contributed by atoms with van der Waals surface area (Å²) in [6.45, 7) is -1.74. The van der Waals surface area contributed by atoms with E-state index >= 15 is 0 Å². The van der Waals surface area contributed by atoms with Crippen LogP contribution in [0.4, 0.5) is 14.6 Å². The molecule has 11 nitrogen and oxygen atoms in total. The molecular weight excluding hydrogens is 538 g/mol. The quantitative estimate of drug-likeness (QED) is 0.421. The van der Waals surface area contributed by atoms with Crippen LogP contribution < -0.4 is 14.8 Å². The Bertz CT molecular complexity index is 1500. The molecule has 3 aromatic rings. The first-order valence-corrected chi connectivity index (χ1v) is 12.8. The summed E-state index contributed by atoms with van der Waals surface area (Å²) in [6, 6.07) is 11.6. The standard InChI is InChI=1S/C28H26F2N6O5/c1-40-25-5-3-17(12-32-25)19-9-20(19)27(39)35-24-10-21(33-15-34-24)16-2-4-22(18(8-16)11-31)41-23-6-7-36(26(38)13-37)14-28(23,29)30/h2-5,8,10,12,15,19-20,23,37H,6-7,9,13-14H2,1H3,(H,33,34,35,39)/t19-,20+,23?/m0/s1. The van der Waals surface area contributed by atoms with Gasteiger partial charge in [-0.15, -0.1) is 0 Å². The third-order valence-electron chi connectivity index (χ3n) is 7.13. The SMILES string of the molecule is COc1ccc([C@@H]2C[C@H]2C(=O)Nc2cc(-c3ccc(OC4CCN(C(=O)CO)CC4(F)F)c(C#N)c3)ncn2)cn1. The number of aliphatic hydroxyl groups is 1. The molecule has 1 aliphatic carbocycles. The minimum Gasteiger partial charge on any atom is -0.483 e. The number of hydrogen-bond acceptors (Lipinski definition) is 9. The van der Waals surface area contributed by atoms with Crippen LogP contribution in [0.2, 0.25) is 0 Å². The van der Waals surface area contributed by atoms with Crippen LogP contribution in [0.25, 0.3) is 11.3 Å². The van der Waals surface area contributed by atoms with Gasteiger partial charge in [-0.05, 0) is 36.1 Å². The molecule has 0 radical (unpaired) electrons. The fraction of sp³-hybridized carbons (Fsp3) is 0.357. The number of methoxy groups -OCH3 is 1. The van der Waals surface area contributed by atoms with Gasteiger partial charge in [0.05, 0.1) is 24.9 Å². The first-order valence-electron chi connectivity index (χ1n) is 12.8. The Morgan fingerprint density at radius 3 is 2.73 bits per heavy atom. The molecule has 1 saturated carbocycles. The summed E-state index contributed by atoms with van der Waals surface area (Å²) in [4.78, 5) is 37.9. The van der Waals surface area contributed by atoms with Crippen molar-refractivity contribution in [2.24, 2.45) is 5.92 Å². The Hall–Kier alpha value is -4.70. The van der Waals surface area contributed by atoms with Gasteiger partial charge in [-0.25, -0.2) is 23.7 Å². The summed E-state index contributed by atoms with van der Waals surface area (Å²) < 4.78 is 40.0. The smallest absolute Gasteiger partial charge is 0.301 e. The molecule has 2 aliphatic rings. The number of ether oxygens (including phenoxy) is 2. The number of aromatic nitrogens is 3. The van der Waals surface area contributed by atoms with Crippen molar-refractivity contribution in [1.29, 1.82) is 5.26 Å². The fourth-order valence-corrected chi connectivity index (χ4v) is 4.80. The minimum absolute atomic E-state index is 0.00631. The van der Waals surface area contributed by atoms with Gasteiger partial charge in [0.15, 0.2) is 6.10 Å². The number of anilines is 1. The highest BCUT2D eigenvalue weighted by molar-refractivity contribution is 5.94. The number of benzene rings is 1. The molecule has 0 bridgehead atoms. The maximum atomic E-state index is 14.7. The molecule has 1 aromatic carbocycles. The maximum Gasteiger partial charge on any atom is 0.301 e. The molecule has 3 heterocycles. The summed E-state index contributed by atoms with van der Waals surface area (Å²) in [6.07, 6.45) is 1.94. The molecule has 2 N–H and O–H groups in total. The van der Waals surface area contributed by atoms with Crippen molar-refractivity contribution in [3.8, 4) is 29.0 Å². The molecule has 2 aromatic heterocycles. The van der Waals surface area contributed by atoms with Crippen molar-refractivity contribution in [2.75, 3.05) is 32.1 Å². The van der Waals surface area contributed by atoms with Crippen molar-refractivity contribution in [3.05, 3.63) is 60.0 Å². The number of pyridine rings is 1. The van der Waals surface area contributed by atoms with Gasteiger partial charge in [0.2, 0.25) is 17.7 Å². The number of likely N-dealkylation sites (tertiary alicyclic amines) is 1. The van der Waals surface area contributed by atoms with E-state index in [9.17, 15) is 23.6 Å². The first kappa shape index (κ1) is 27.9. The number of rotatable bonds is 8. The predicted octanol–water partition coefficient (Wildman–Crippen LogP) is 2.77. The molecule has 1 aliphatic heterocycles. The van der Waals surface area contributed by atoms with Crippen molar-refractivity contribution in [1.82, 2.24) is 19.9 Å². The Morgan fingerprint density at radius 2 is 2.05 bits per heavy atom. The average Bonchev–Trinajstić information content (AvgIpc) is 3.79. The molecule has 1 saturated heterocycles. The van der Waals surface area contributed by atoms with Crippen LogP contribution in [0.3, 0.4) is 0 Å². The summed E-state index contributed by atoms with van der Waals surface area (Å²) in [7, 11) is 1.53. The molecule has 2 amide bonds. The number of nitrogens with one attached hydrogen (secondary N) is 1. The van der Waals surface area contributed by atoms with Gasteiger partial charge < -0.3 is 24.8 Å². The minimum atomic E-state index is -3.38. The highest BCUT2D eigenvalue weighted by Crippen LogP contribution is 2.48. The van der Waals surface area contributed by atoms with Crippen LogP contribution in [0, 0.1) is 17.2 Å². The van der Waals surface area contributed by atoms with Crippen LogP contribution in [0.15, 0.2) is 48.9 Å². The zero-order valence-corrected chi connectivity index (χ0v) is 22.0. The van der Waals surface area contributed by atoms with E-state index in [2.05, 4.69) is 20.3 Å². The third-order valence-corrected chi connectivity index (χ3v) is 7.13. The highest BCUT2D eigenvalue weighted by atomic mass is 19.3. The van der Waals surface area contributed by atoms with Gasteiger partial charge >= 0.3 is 5.92 Å². The van der Waals surface area contributed by atoms with Crippen molar-refractivity contribution < 1.29 is 33.0 Å². The number of hydrogen-bond donors (Lipinski definition) is 2. The molecule has 212 valence electrons. The Balaban J connectivity index is 1.25. The van der Waals surface area contributed by atoms with E-state index in [1.807, 2.05) is 12.1 Å². The molecule has 2 fully saturated rings. The number of piperidine rings is 1. The van der Waals surface area contributed by atoms with Crippen LogP contribution >= 0.6 is 0 Å². The van der Waals surface area contributed by atoms with E-state index < -0.39 is 31.1 Å². The van der Waals surface area contributed by atoms with Gasteiger partial charge in [0, 0.05) is 42.8 Å². The van der Waals surface area contributed by atoms with Gasteiger partial charge in [-0.2, -0.15) is 5.26 Å². The molecule has 5 rings (SSSR count). The molecular formula is C28H26F2N6O5.